The number of hydrogen-bond acceptors (Lipinski definition) is 4. The van der Waals surface area contributed by atoms with Crippen LogP contribution in [-0.4, -0.2) is 25.2 Å². The highest BCUT2D eigenvalue weighted by atomic mass is 79.9. The third-order valence-electron chi connectivity index (χ3n) is 2.47. The Morgan fingerprint density at radius 1 is 1.40 bits per heavy atom. The van der Waals surface area contributed by atoms with Gasteiger partial charge in [-0.05, 0) is 54.4 Å². The molecule has 20 heavy (non-hydrogen) atoms. The van der Waals surface area contributed by atoms with Crippen LogP contribution in [0.3, 0.4) is 0 Å². The molecule has 0 saturated heterocycles. The summed E-state index contributed by atoms with van der Waals surface area (Å²) < 4.78 is 11.4. The van der Waals surface area contributed by atoms with Gasteiger partial charge in [-0.3, -0.25) is 4.79 Å². The van der Waals surface area contributed by atoms with Crippen LogP contribution < -0.4 is 20.5 Å². The van der Waals surface area contributed by atoms with Crippen LogP contribution in [0.2, 0.25) is 0 Å². The number of nitrogens with two attached hydrogens (primary N) is 1. The Morgan fingerprint density at radius 3 is 2.55 bits per heavy atom. The van der Waals surface area contributed by atoms with E-state index in [1.54, 1.807) is 7.11 Å². The van der Waals surface area contributed by atoms with Gasteiger partial charge in [-0.1, -0.05) is 0 Å². The Hall–Kier alpha value is -1.27. The van der Waals surface area contributed by atoms with E-state index in [4.69, 9.17) is 15.2 Å². The number of halogens is 1. The van der Waals surface area contributed by atoms with E-state index in [1.807, 2.05) is 12.1 Å². The molecule has 0 spiro atoms. The molecule has 0 aliphatic heterocycles. The van der Waals surface area contributed by atoms with Crippen molar-refractivity contribution in [2.45, 2.75) is 32.9 Å². The molecule has 0 heterocycles. The molecule has 0 aliphatic carbocycles. The molecule has 5 nitrogen and oxygen atoms in total. The third kappa shape index (κ3) is 5.38. The van der Waals surface area contributed by atoms with E-state index in [1.165, 1.54) is 0 Å². The van der Waals surface area contributed by atoms with Gasteiger partial charge in [0.25, 0.3) is 5.91 Å². The fraction of sp³-hybridized carbons (Fsp3) is 0.500. The van der Waals surface area contributed by atoms with Crippen molar-refractivity contribution in [3.05, 3.63) is 22.2 Å². The number of hydrogen-bond donors (Lipinski definition) is 2. The quantitative estimate of drug-likeness (QED) is 0.829. The average molecular weight is 345 g/mol. The van der Waals surface area contributed by atoms with Crippen LogP contribution in [0, 0.1) is 0 Å². The van der Waals surface area contributed by atoms with E-state index in [0.29, 0.717) is 18.0 Å². The fourth-order valence-electron chi connectivity index (χ4n) is 1.53. The van der Waals surface area contributed by atoms with Crippen molar-refractivity contribution in [1.82, 2.24) is 5.32 Å². The second-order valence-electron chi connectivity index (χ2n) is 5.47. The topological polar surface area (TPSA) is 73.6 Å². The second kappa shape index (κ2) is 6.95. The van der Waals surface area contributed by atoms with Crippen LogP contribution in [0.1, 0.15) is 26.3 Å². The number of benzene rings is 1. The lowest BCUT2D eigenvalue weighted by molar-refractivity contribution is -0.119. The summed E-state index contributed by atoms with van der Waals surface area (Å²) in [5, 5.41) is 3.40. The Morgan fingerprint density at radius 2 is 2.05 bits per heavy atom. The zero-order chi connectivity index (χ0) is 15.3. The van der Waals surface area contributed by atoms with Gasteiger partial charge < -0.3 is 20.5 Å². The van der Waals surface area contributed by atoms with Crippen LogP contribution in [-0.2, 0) is 11.3 Å². The predicted molar refractivity (Wildman–Crippen MR) is 82.0 cm³/mol. The molecule has 1 amide bonds. The Kier molecular flexibility index (Phi) is 5.83. The third-order valence-corrected chi connectivity index (χ3v) is 3.06. The average Bonchev–Trinajstić information content (AvgIpc) is 2.33. The first-order valence-corrected chi connectivity index (χ1v) is 7.05. The summed E-state index contributed by atoms with van der Waals surface area (Å²) in [5.41, 5.74) is 6.16. The van der Waals surface area contributed by atoms with Crippen molar-refractivity contribution in [2.75, 3.05) is 13.7 Å². The number of primary amides is 1. The van der Waals surface area contributed by atoms with Crippen LogP contribution in [0.25, 0.3) is 0 Å². The number of carbonyl (C=O) groups is 1. The van der Waals surface area contributed by atoms with Crippen molar-refractivity contribution in [3.63, 3.8) is 0 Å². The molecule has 1 aromatic carbocycles. The predicted octanol–water partition coefficient (Wildman–Crippen LogP) is 2.21. The summed E-state index contributed by atoms with van der Waals surface area (Å²) >= 11 is 3.42. The van der Waals surface area contributed by atoms with Crippen LogP contribution in [0.15, 0.2) is 16.6 Å². The van der Waals surface area contributed by atoms with E-state index in [9.17, 15) is 4.79 Å². The van der Waals surface area contributed by atoms with Crippen molar-refractivity contribution in [1.29, 1.82) is 0 Å². The van der Waals surface area contributed by atoms with E-state index < -0.39 is 5.91 Å². The van der Waals surface area contributed by atoms with E-state index >= 15 is 0 Å². The first-order valence-electron chi connectivity index (χ1n) is 6.25. The molecule has 0 fully saturated rings. The number of nitrogens with one attached hydrogen (secondary N) is 1. The molecule has 1 aromatic rings. The molecule has 6 heteroatoms. The number of ether oxygens (including phenoxy) is 2. The van der Waals surface area contributed by atoms with Crippen molar-refractivity contribution in [3.8, 4) is 11.5 Å². The van der Waals surface area contributed by atoms with Crippen molar-refractivity contribution >= 4 is 21.8 Å². The molecule has 0 bridgehead atoms. The maximum Gasteiger partial charge on any atom is 0.255 e. The zero-order valence-corrected chi connectivity index (χ0v) is 13.8. The normalized spacial score (nSPS) is 11.2. The van der Waals surface area contributed by atoms with Crippen LogP contribution in [0.4, 0.5) is 0 Å². The number of rotatable bonds is 6. The van der Waals surface area contributed by atoms with Gasteiger partial charge in [-0.2, -0.15) is 0 Å². The lowest BCUT2D eigenvalue weighted by atomic mass is 10.1. The summed E-state index contributed by atoms with van der Waals surface area (Å²) in [6.45, 7) is 6.82. The summed E-state index contributed by atoms with van der Waals surface area (Å²) in [6, 6.07) is 3.80. The fourth-order valence-corrected chi connectivity index (χ4v) is 2.13. The van der Waals surface area contributed by atoms with Gasteiger partial charge in [0.05, 0.1) is 11.6 Å². The highest BCUT2D eigenvalue weighted by molar-refractivity contribution is 9.10. The summed E-state index contributed by atoms with van der Waals surface area (Å²) in [5.74, 6) is 0.509. The summed E-state index contributed by atoms with van der Waals surface area (Å²) in [4.78, 5) is 10.8. The molecule has 112 valence electrons. The van der Waals surface area contributed by atoms with E-state index in [0.717, 1.165) is 10.0 Å². The monoisotopic (exact) mass is 344 g/mol. The van der Waals surface area contributed by atoms with Gasteiger partial charge in [0, 0.05) is 12.1 Å². The zero-order valence-electron chi connectivity index (χ0n) is 12.2. The minimum atomic E-state index is -0.530. The Labute approximate surface area is 127 Å². The first-order chi connectivity index (χ1) is 9.23. The molecule has 1 rings (SSSR count). The van der Waals surface area contributed by atoms with Gasteiger partial charge in [0.1, 0.15) is 0 Å². The highest BCUT2D eigenvalue weighted by Gasteiger charge is 2.14. The summed E-state index contributed by atoms with van der Waals surface area (Å²) in [6.07, 6.45) is 0. The van der Waals surface area contributed by atoms with Crippen LogP contribution in [0.5, 0.6) is 11.5 Å². The van der Waals surface area contributed by atoms with E-state index in [-0.39, 0.29) is 12.1 Å². The minimum absolute atomic E-state index is 0.0286. The van der Waals surface area contributed by atoms with Crippen molar-refractivity contribution < 1.29 is 14.3 Å². The molecule has 0 aliphatic rings. The minimum Gasteiger partial charge on any atom is -0.493 e. The largest absolute Gasteiger partial charge is 0.493 e. The molecular weight excluding hydrogens is 324 g/mol. The Balaban J connectivity index is 2.92. The molecule has 0 aromatic heterocycles. The number of carbonyl (C=O) groups excluding carboxylic acids is 1. The van der Waals surface area contributed by atoms with Crippen molar-refractivity contribution in [2.24, 2.45) is 5.73 Å². The van der Waals surface area contributed by atoms with E-state index in [2.05, 4.69) is 42.0 Å². The molecule has 0 radical (unpaired) electrons. The van der Waals surface area contributed by atoms with Gasteiger partial charge in [0.2, 0.25) is 0 Å². The molecule has 0 atom stereocenters. The summed E-state index contributed by atoms with van der Waals surface area (Å²) in [7, 11) is 1.56. The molecule has 3 N–H and O–H groups in total. The highest BCUT2D eigenvalue weighted by Crippen LogP contribution is 2.36. The standard InChI is InChI=1S/C14H21BrN2O3/c1-14(2,3)17-7-9-5-10(15)13(11(6-9)19-4)20-8-12(16)18/h5-6,17H,7-8H2,1-4H3,(H2,16,18). The number of amides is 1. The van der Waals surface area contributed by atoms with Gasteiger partial charge in [-0.15, -0.1) is 0 Å². The number of methoxy groups -OCH3 is 1. The smallest absolute Gasteiger partial charge is 0.255 e. The molecule has 0 unspecified atom stereocenters. The van der Waals surface area contributed by atoms with Gasteiger partial charge >= 0.3 is 0 Å². The molecular formula is C14H21BrN2O3. The maximum absolute atomic E-state index is 10.8. The Bertz CT molecular complexity index is 484. The van der Waals surface area contributed by atoms with Gasteiger partial charge in [0.15, 0.2) is 18.1 Å². The second-order valence-corrected chi connectivity index (χ2v) is 6.32. The van der Waals surface area contributed by atoms with Crippen LogP contribution >= 0.6 is 15.9 Å². The lowest BCUT2D eigenvalue weighted by Gasteiger charge is -2.21. The SMILES string of the molecule is COc1cc(CNC(C)(C)C)cc(Br)c1OCC(N)=O. The lowest BCUT2D eigenvalue weighted by Crippen LogP contribution is -2.35. The first kappa shape index (κ1) is 16.8. The van der Waals surface area contributed by atoms with Gasteiger partial charge in [-0.25, -0.2) is 0 Å². The maximum atomic E-state index is 10.8. The molecule has 0 saturated carbocycles.